The topological polar surface area (TPSA) is 52.3 Å². The molecular weight excluding hydrogens is 321 g/mol. The molecule has 0 saturated carbocycles. The lowest BCUT2D eigenvalue weighted by Gasteiger charge is -2.08. The molecule has 0 bridgehead atoms. The number of carbonyl (C=O) groups is 1. The first-order chi connectivity index (χ1) is 9.47. The Morgan fingerprint density at radius 1 is 1.05 bits per heavy atom. The highest BCUT2D eigenvalue weighted by Gasteiger charge is 2.13. The molecule has 0 saturated heterocycles. The summed E-state index contributed by atoms with van der Waals surface area (Å²) in [7, 11) is 0. The fraction of sp³-hybridized carbons (Fsp3) is 0.0714. The Balaban J connectivity index is 2.12. The zero-order valence-electron chi connectivity index (χ0n) is 10.2. The second-order valence-electron chi connectivity index (χ2n) is 4.05. The number of halogens is 3. The fourth-order valence-corrected chi connectivity index (χ4v) is 2.14. The van der Waals surface area contributed by atoms with Crippen LogP contribution in [0.1, 0.15) is 15.9 Å². The van der Waals surface area contributed by atoms with Crippen LogP contribution in [0.5, 0.6) is 0 Å². The Labute approximate surface area is 131 Å². The number of hydrogen-bond donors (Lipinski definition) is 1. The van der Waals surface area contributed by atoms with Crippen LogP contribution >= 0.6 is 34.8 Å². The maximum absolute atomic E-state index is 11.9. The zero-order chi connectivity index (χ0) is 14.7. The summed E-state index contributed by atoms with van der Waals surface area (Å²) in [6, 6.07) is 9.54. The van der Waals surface area contributed by atoms with Crippen molar-refractivity contribution in [2.45, 2.75) is 6.61 Å². The number of anilines is 1. The standard InChI is InChI=1S/C14H10Cl3NO2/c15-9-1-3-12(16)8(5-9)7-20-14(19)11-6-10(18)2-4-13(11)17/h1-6H,7,18H2. The minimum Gasteiger partial charge on any atom is -0.457 e. The molecule has 0 aliphatic rings. The van der Waals surface area contributed by atoms with Crippen LogP contribution in [0.4, 0.5) is 5.69 Å². The summed E-state index contributed by atoms with van der Waals surface area (Å²) in [4.78, 5) is 11.9. The summed E-state index contributed by atoms with van der Waals surface area (Å²) in [5.41, 5.74) is 6.87. The fourth-order valence-electron chi connectivity index (χ4n) is 1.57. The summed E-state index contributed by atoms with van der Waals surface area (Å²) in [5.74, 6) is -0.571. The SMILES string of the molecule is Nc1ccc(Cl)c(C(=O)OCc2cc(Cl)ccc2Cl)c1. The summed E-state index contributed by atoms with van der Waals surface area (Å²) < 4.78 is 5.16. The van der Waals surface area contributed by atoms with Gasteiger partial charge in [0.1, 0.15) is 6.61 Å². The van der Waals surface area contributed by atoms with Gasteiger partial charge in [-0.05, 0) is 36.4 Å². The maximum atomic E-state index is 11.9. The van der Waals surface area contributed by atoms with E-state index in [-0.39, 0.29) is 17.2 Å². The minimum atomic E-state index is -0.571. The van der Waals surface area contributed by atoms with Gasteiger partial charge >= 0.3 is 5.97 Å². The van der Waals surface area contributed by atoms with Crippen LogP contribution in [-0.2, 0) is 11.3 Å². The van der Waals surface area contributed by atoms with Crippen molar-refractivity contribution in [1.29, 1.82) is 0 Å². The second kappa shape index (κ2) is 6.35. The van der Waals surface area contributed by atoms with Crippen molar-refractivity contribution < 1.29 is 9.53 Å². The molecule has 0 aliphatic heterocycles. The Kier molecular flexibility index (Phi) is 4.76. The third-order valence-electron chi connectivity index (χ3n) is 2.58. The van der Waals surface area contributed by atoms with E-state index in [1.54, 1.807) is 30.3 Å². The van der Waals surface area contributed by atoms with Crippen molar-refractivity contribution in [3.8, 4) is 0 Å². The van der Waals surface area contributed by atoms with Crippen molar-refractivity contribution in [3.05, 3.63) is 62.6 Å². The summed E-state index contributed by atoms with van der Waals surface area (Å²) in [6.45, 7) is 0.00333. The predicted molar refractivity (Wildman–Crippen MR) is 81.4 cm³/mol. The van der Waals surface area contributed by atoms with E-state index in [1.807, 2.05) is 0 Å². The Morgan fingerprint density at radius 2 is 1.75 bits per heavy atom. The molecule has 0 atom stereocenters. The summed E-state index contributed by atoms with van der Waals surface area (Å²) >= 11 is 17.8. The number of nitrogen functional groups attached to an aromatic ring is 1. The van der Waals surface area contributed by atoms with Gasteiger partial charge in [-0.25, -0.2) is 4.79 Å². The molecule has 104 valence electrons. The lowest BCUT2D eigenvalue weighted by molar-refractivity contribution is 0.0473. The first-order valence-electron chi connectivity index (χ1n) is 5.63. The number of rotatable bonds is 3. The van der Waals surface area contributed by atoms with Gasteiger partial charge in [0, 0.05) is 21.3 Å². The molecule has 2 aromatic carbocycles. The third kappa shape index (κ3) is 3.57. The van der Waals surface area contributed by atoms with Gasteiger partial charge < -0.3 is 10.5 Å². The number of ether oxygens (including phenoxy) is 1. The number of esters is 1. The lowest BCUT2D eigenvalue weighted by Crippen LogP contribution is -2.07. The molecule has 0 fully saturated rings. The predicted octanol–water partition coefficient (Wildman–Crippen LogP) is 4.59. The first kappa shape index (κ1) is 15.0. The third-order valence-corrected chi connectivity index (χ3v) is 3.51. The second-order valence-corrected chi connectivity index (χ2v) is 5.30. The minimum absolute atomic E-state index is 0.00333. The molecule has 0 aliphatic carbocycles. The van der Waals surface area contributed by atoms with E-state index in [0.717, 1.165) is 0 Å². The molecular formula is C14H10Cl3NO2. The van der Waals surface area contributed by atoms with E-state index < -0.39 is 5.97 Å². The Bertz CT molecular complexity index is 659. The van der Waals surface area contributed by atoms with Crippen molar-refractivity contribution in [1.82, 2.24) is 0 Å². The highest BCUT2D eigenvalue weighted by atomic mass is 35.5. The number of hydrogen-bond acceptors (Lipinski definition) is 3. The quantitative estimate of drug-likeness (QED) is 0.661. The van der Waals surface area contributed by atoms with Crippen LogP contribution in [0.15, 0.2) is 36.4 Å². The molecule has 2 aromatic rings. The smallest absolute Gasteiger partial charge is 0.340 e. The normalized spacial score (nSPS) is 10.3. The van der Waals surface area contributed by atoms with Gasteiger partial charge in [-0.15, -0.1) is 0 Å². The van der Waals surface area contributed by atoms with Gasteiger partial charge in [-0.1, -0.05) is 34.8 Å². The van der Waals surface area contributed by atoms with Crippen LogP contribution in [0, 0.1) is 0 Å². The van der Waals surface area contributed by atoms with Crippen molar-refractivity contribution in [2.24, 2.45) is 0 Å². The largest absolute Gasteiger partial charge is 0.457 e. The van der Waals surface area contributed by atoms with Crippen molar-refractivity contribution >= 4 is 46.5 Å². The van der Waals surface area contributed by atoms with Gasteiger partial charge in [0.05, 0.1) is 10.6 Å². The molecule has 0 unspecified atom stereocenters. The average Bonchev–Trinajstić information content (AvgIpc) is 2.42. The maximum Gasteiger partial charge on any atom is 0.340 e. The lowest BCUT2D eigenvalue weighted by atomic mass is 10.2. The van der Waals surface area contributed by atoms with Gasteiger partial charge in [0.2, 0.25) is 0 Å². The van der Waals surface area contributed by atoms with E-state index in [4.69, 9.17) is 45.3 Å². The average molecular weight is 331 g/mol. The van der Waals surface area contributed by atoms with Gasteiger partial charge in [-0.2, -0.15) is 0 Å². The monoisotopic (exact) mass is 329 g/mol. The zero-order valence-corrected chi connectivity index (χ0v) is 12.5. The van der Waals surface area contributed by atoms with E-state index >= 15 is 0 Å². The molecule has 2 N–H and O–H groups in total. The van der Waals surface area contributed by atoms with Crippen LogP contribution in [-0.4, -0.2) is 5.97 Å². The molecule has 0 amide bonds. The molecule has 6 heteroatoms. The Morgan fingerprint density at radius 3 is 2.50 bits per heavy atom. The highest BCUT2D eigenvalue weighted by molar-refractivity contribution is 6.34. The Hall–Kier alpha value is -1.42. The van der Waals surface area contributed by atoms with Crippen LogP contribution < -0.4 is 5.73 Å². The first-order valence-corrected chi connectivity index (χ1v) is 6.77. The van der Waals surface area contributed by atoms with E-state index in [1.165, 1.54) is 6.07 Å². The van der Waals surface area contributed by atoms with Crippen molar-refractivity contribution in [3.63, 3.8) is 0 Å². The molecule has 0 heterocycles. The summed E-state index contributed by atoms with van der Waals surface area (Å²) in [5, 5.41) is 1.27. The highest BCUT2D eigenvalue weighted by Crippen LogP contribution is 2.23. The van der Waals surface area contributed by atoms with Crippen LogP contribution in [0.2, 0.25) is 15.1 Å². The van der Waals surface area contributed by atoms with Gasteiger partial charge in [0.15, 0.2) is 0 Å². The number of nitrogens with two attached hydrogens (primary N) is 1. The molecule has 0 radical (unpaired) electrons. The van der Waals surface area contributed by atoms with Gasteiger partial charge in [0.25, 0.3) is 0 Å². The summed E-state index contributed by atoms with van der Waals surface area (Å²) in [6.07, 6.45) is 0. The van der Waals surface area contributed by atoms with Gasteiger partial charge in [-0.3, -0.25) is 0 Å². The van der Waals surface area contributed by atoms with Crippen LogP contribution in [0.25, 0.3) is 0 Å². The van der Waals surface area contributed by atoms with E-state index in [0.29, 0.717) is 21.3 Å². The van der Waals surface area contributed by atoms with Crippen LogP contribution in [0.3, 0.4) is 0 Å². The van der Waals surface area contributed by atoms with E-state index in [2.05, 4.69) is 0 Å². The molecule has 20 heavy (non-hydrogen) atoms. The van der Waals surface area contributed by atoms with E-state index in [9.17, 15) is 4.79 Å². The van der Waals surface area contributed by atoms with Crippen molar-refractivity contribution in [2.75, 3.05) is 5.73 Å². The molecule has 3 nitrogen and oxygen atoms in total. The number of carbonyl (C=O) groups excluding carboxylic acids is 1. The molecule has 0 spiro atoms. The molecule has 0 aromatic heterocycles. The number of benzene rings is 2. The molecule has 2 rings (SSSR count).